The van der Waals surface area contributed by atoms with Crippen molar-refractivity contribution in [3.05, 3.63) is 35.8 Å². The Balaban J connectivity index is 1.92. The van der Waals surface area contributed by atoms with Gasteiger partial charge in [-0.2, -0.15) is 0 Å². The molecule has 92 valence electrons. The van der Waals surface area contributed by atoms with Gasteiger partial charge in [0.05, 0.1) is 11.6 Å². The van der Waals surface area contributed by atoms with E-state index in [1.165, 1.54) is 0 Å². The maximum atomic E-state index is 11.0. The SMILES string of the molecule is O=C(O)C1CCc2nc(-c3ccc[nH]3)ncc2C1. The summed E-state index contributed by atoms with van der Waals surface area (Å²) in [7, 11) is 0. The van der Waals surface area contributed by atoms with Gasteiger partial charge in [0.15, 0.2) is 5.82 Å². The molecule has 0 aromatic carbocycles. The second-order valence-corrected chi connectivity index (χ2v) is 4.53. The van der Waals surface area contributed by atoms with Crippen molar-refractivity contribution in [1.29, 1.82) is 0 Å². The second kappa shape index (κ2) is 4.25. The van der Waals surface area contributed by atoms with Gasteiger partial charge in [0, 0.05) is 18.1 Å². The van der Waals surface area contributed by atoms with Crippen LogP contribution in [0.1, 0.15) is 17.7 Å². The van der Waals surface area contributed by atoms with Crippen LogP contribution >= 0.6 is 0 Å². The van der Waals surface area contributed by atoms with Crippen LogP contribution in [0.25, 0.3) is 11.5 Å². The highest BCUT2D eigenvalue weighted by molar-refractivity contribution is 5.71. The van der Waals surface area contributed by atoms with E-state index in [0.29, 0.717) is 25.1 Å². The molecule has 1 atom stereocenters. The smallest absolute Gasteiger partial charge is 0.306 e. The lowest BCUT2D eigenvalue weighted by Crippen LogP contribution is -2.23. The van der Waals surface area contributed by atoms with E-state index in [-0.39, 0.29) is 5.92 Å². The van der Waals surface area contributed by atoms with Crippen LogP contribution < -0.4 is 0 Å². The number of nitrogens with one attached hydrogen (secondary N) is 1. The number of H-pyrrole nitrogens is 1. The molecule has 3 rings (SSSR count). The van der Waals surface area contributed by atoms with Gasteiger partial charge in [-0.1, -0.05) is 0 Å². The molecule has 5 nitrogen and oxygen atoms in total. The molecule has 0 fully saturated rings. The molecule has 2 heterocycles. The summed E-state index contributed by atoms with van der Waals surface area (Å²) in [6.45, 7) is 0. The van der Waals surface area contributed by atoms with Gasteiger partial charge in [0.25, 0.3) is 0 Å². The average Bonchev–Trinajstić information content (AvgIpc) is 2.91. The van der Waals surface area contributed by atoms with Crippen LogP contribution in [0.15, 0.2) is 24.5 Å². The zero-order valence-corrected chi connectivity index (χ0v) is 9.76. The molecule has 0 aliphatic heterocycles. The van der Waals surface area contributed by atoms with Crippen LogP contribution in [0.3, 0.4) is 0 Å². The standard InChI is InChI=1S/C13H13N3O2/c17-13(18)8-3-4-10-9(6-8)7-15-12(16-10)11-2-1-5-14-11/h1-2,5,7-8,14H,3-4,6H2,(H,17,18). The molecule has 18 heavy (non-hydrogen) atoms. The normalized spacial score (nSPS) is 18.3. The fraction of sp³-hybridized carbons (Fsp3) is 0.308. The Morgan fingerprint density at radius 2 is 2.39 bits per heavy atom. The van der Waals surface area contributed by atoms with E-state index in [4.69, 9.17) is 5.11 Å². The predicted molar refractivity (Wildman–Crippen MR) is 65.0 cm³/mol. The fourth-order valence-electron chi connectivity index (χ4n) is 2.32. The zero-order chi connectivity index (χ0) is 12.5. The number of carboxylic acid groups (broad SMARTS) is 1. The Bertz CT molecular complexity index is 578. The van der Waals surface area contributed by atoms with Crippen LogP contribution in [-0.4, -0.2) is 26.0 Å². The quantitative estimate of drug-likeness (QED) is 0.840. The summed E-state index contributed by atoms with van der Waals surface area (Å²) in [5.74, 6) is -0.348. The van der Waals surface area contributed by atoms with E-state index >= 15 is 0 Å². The van der Waals surface area contributed by atoms with Crippen molar-refractivity contribution >= 4 is 5.97 Å². The Labute approximate surface area is 104 Å². The largest absolute Gasteiger partial charge is 0.481 e. The van der Waals surface area contributed by atoms with Gasteiger partial charge in [-0.15, -0.1) is 0 Å². The van der Waals surface area contributed by atoms with Gasteiger partial charge < -0.3 is 10.1 Å². The highest BCUT2D eigenvalue weighted by Gasteiger charge is 2.25. The summed E-state index contributed by atoms with van der Waals surface area (Å²) in [4.78, 5) is 22.8. The van der Waals surface area contributed by atoms with E-state index in [1.807, 2.05) is 18.3 Å². The number of hydrogen-bond donors (Lipinski definition) is 2. The minimum atomic E-state index is -0.728. The van der Waals surface area contributed by atoms with Crippen molar-refractivity contribution in [2.24, 2.45) is 5.92 Å². The van der Waals surface area contributed by atoms with Crippen LogP contribution in [0, 0.1) is 5.92 Å². The first kappa shape index (κ1) is 11.0. The predicted octanol–water partition coefficient (Wildman–Crippen LogP) is 1.66. The van der Waals surface area contributed by atoms with Crippen LogP contribution in [0.2, 0.25) is 0 Å². The van der Waals surface area contributed by atoms with E-state index in [0.717, 1.165) is 17.0 Å². The minimum Gasteiger partial charge on any atom is -0.481 e. The number of nitrogens with zero attached hydrogens (tertiary/aromatic N) is 2. The molecule has 2 N–H and O–H groups in total. The first-order chi connectivity index (χ1) is 8.74. The van der Waals surface area contributed by atoms with Gasteiger partial charge in [-0.05, 0) is 37.0 Å². The van der Waals surface area contributed by atoms with E-state index in [1.54, 1.807) is 6.20 Å². The van der Waals surface area contributed by atoms with Crippen molar-refractivity contribution in [2.75, 3.05) is 0 Å². The molecule has 0 bridgehead atoms. The molecule has 0 amide bonds. The third-order valence-corrected chi connectivity index (χ3v) is 3.34. The molecule has 2 aromatic heterocycles. The van der Waals surface area contributed by atoms with Crippen LogP contribution in [0.5, 0.6) is 0 Å². The Morgan fingerprint density at radius 3 is 3.11 bits per heavy atom. The van der Waals surface area contributed by atoms with Crippen molar-refractivity contribution in [2.45, 2.75) is 19.3 Å². The minimum absolute atomic E-state index is 0.294. The third-order valence-electron chi connectivity index (χ3n) is 3.34. The van der Waals surface area contributed by atoms with Crippen molar-refractivity contribution < 1.29 is 9.90 Å². The van der Waals surface area contributed by atoms with Gasteiger partial charge >= 0.3 is 5.97 Å². The fourth-order valence-corrected chi connectivity index (χ4v) is 2.32. The van der Waals surface area contributed by atoms with Crippen molar-refractivity contribution in [1.82, 2.24) is 15.0 Å². The number of hydrogen-bond acceptors (Lipinski definition) is 3. The maximum absolute atomic E-state index is 11.0. The molecule has 0 spiro atoms. The summed E-state index contributed by atoms with van der Waals surface area (Å²) in [5.41, 5.74) is 2.83. The van der Waals surface area contributed by atoms with Gasteiger partial charge in [-0.25, -0.2) is 9.97 Å². The lowest BCUT2D eigenvalue weighted by Gasteiger charge is -2.20. The monoisotopic (exact) mass is 243 g/mol. The first-order valence-corrected chi connectivity index (χ1v) is 5.95. The number of carboxylic acids is 1. The molecule has 1 aliphatic carbocycles. The molecular weight excluding hydrogens is 230 g/mol. The number of aliphatic carboxylic acids is 1. The van der Waals surface area contributed by atoms with Crippen LogP contribution in [0.4, 0.5) is 0 Å². The molecule has 0 radical (unpaired) electrons. The van der Waals surface area contributed by atoms with Crippen molar-refractivity contribution in [3.8, 4) is 11.5 Å². The molecule has 1 unspecified atom stereocenters. The summed E-state index contributed by atoms with van der Waals surface area (Å²) in [5, 5.41) is 9.02. The molecular formula is C13H13N3O2. The molecule has 0 saturated heterocycles. The number of aromatic nitrogens is 3. The highest BCUT2D eigenvalue weighted by Crippen LogP contribution is 2.25. The van der Waals surface area contributed by atoms with Crippen molar-refractivity contribution in [3.63, 3.8) is 0 Å². The molecule has 0 saturated carbocycles. The third kappa shape index (κ3) is 1.88. The number of aryl methyl sites for hydroxylation is 1. The molecule has 2 aromatic rings. The van der Waals surface area contributed by atoms with Gasteiger partial charge in [0.1, 0.15) is 0 Å². The summed E-state index contributed by atoms with van der Waals surface area (Å²) >= 11 is 0. The maximum Gasteiger partial charge on any atom is 0.306 e. The second-order valence-electron chi connectivity index (χ2n) is 4.53. The summed E-state index contributed by atoms with van der Waals surface area (Å²) in [6, 6.07) is 3.82. The lowest BCUT2D eigenvalue weighted by atomic mass is 9.87. The first-order valence-electron chi connectivity index (χ1n) is 5.95. The molecule has 1 aliphatic rings. The van der Waals surface area contributed by atoms with Crippen LogP contribution in [-0.2, 0) is 17.6 Å². The number of fused-ring (bicyclic) bond motifs is 1. The lowest BCUT2D eigenvalue weighted by molar-refractivity contribution is -0.142. The van der Waals surface area contributed by atoms with E-state index in [9.17, 15) is 4.79 Å². The van der Waals surface area contributed by atoms with E-state index in [2.05, 4.69) is 15.0 Å². The number of rotatable bonds is 2. The van der Waals surface area contributed by atoms with E-state index < -0.39 is 5.97 Å². The Hall–Kier alpha value is -2.17. The molecule has 5 heteroatoms. The Kier molecular flexibility index (Phi) is 2.59. The van der Waals surface area contributed by atoms with Gasteiger partial charge in [0.2, 0.25) is 0 Å². The zero-order valence-electron chi connectivity index (χ0n) is 9.76. The summed E-state index contributed by atoms with van der Waals surface area (Å²) in [6.07, 6.45) is 5.49. The Morgan fingerprint density at radius 1 is 1.50 bits per heavy atom. The van der Waals surface area contributed by atoms with Gasteiger partial charge in [-0.3, -0.25) is 4.79 Å². The number of carbonyl (C=O) groups is 1. The summed E-state index contributed by atoms with van der Waals surface area (Å²) < 4.78 is 0. The highest BCUT2D eigenvalue weighted by atomic mass is 16.4. The topological polar surface area (TPSA) is 78.9 Å². The number of aromatic amines is 1. The average molecular weight is 243 g/mol.